The van der Waals surface area contributed by atoms with Crippen molar-refractivity contribution >= 4 is 23.5 Å². The molecule has 0 saturated carbocycles. The van der Waals surface area contributed by atoms with Gasteiger partial charge >= 0.3 is 7.12 Å². The molecule has 1 aliphatic heterocycles. The summed E-state index contributed by atoms with van der Waals surface area (Å²) in [7, 11) is -0.652. The summed E-state index contributed by atoms with van der Waals surface area (Å²) < 4.78 is 26.4. The summed E-state index contributed by atoms with van der Waals surface area (Å²) in [4.78, 5) is 4.08. The Bertz CT molecular complexity index is 745. The van der Waals surface area contributed by atoms with E-state index in [2.05, 4.69) is 4.98 Å². The van der Waals surface area contributed by atoms with E-state index >= 15 is 0 Å². The number of halogens is 1. The van der Waals surface area contributed by atoms with Crippen LogP contribution in [0, 0.1) is 5.82 Å². The van der Waals surface area contributed by atoms with Crippen molar-refractivity contribution in [3.05, 3.63) is 35.8 Å². The summed E-state index contributed by atoms with van der Waals surface area (Å²) in [6.45, 7) is 9.45. The van der Waals surface area contributed by atoms with Gasteiger partial charge in [-0.1, -0.05) is 6.07 Å². The van der Waals surface area contributed by atoms with Crippen molar-refractivity contribution in [2.24, 2.45) is 0 Å². The molecule has 3 rings (SSSR count). The number of aromatic nitrogens is 1. The highest BCUT2D eigenvalue weighted by molar-refractivity contribution is 6.62. The first-order chi connectivity index (χ1) is 10.6. The zero-order valence-electron chi connectivity index (χ0n) is 14.1. The molecule has 23 heavy (non-hydrogen) atoms. The van der Waals surface area contributed by atoms with E-state index in [0.29, 0.717) is 16.4 Å². The first-order valence-corrected chi connectivity index (χ1v) is 7.74. The van der Waals surface area contributed by atoms with Gasteiger partial charge in [-0.25, -0.2) is 4.39 Å². The quantitative estimate of drug-likeness (QED) is 0.866. The Morgan fingerprint density at radius 1 is 1.17 bits per heavy atom. The third-order valence-corrected chi connectivity index (χ3v) is 4.83. The van der Waals surface area contributed by atoms with Crippen molar-refractivity contribution in [2.45, 2.75) is 51.9 Å². The maximum atomic E-state index is 14.5. The van der Waals surface area contributed by atoms with Gasteiger partial charge in [-0.3, -0.25) is 4.98 Å². The van der Waals surface area contributed by atoms with Crippen molar-refractivity contribution < 1.29 is 18.8 Å². The fourth-order valence-corrected chi connectivity index (χ4v) is 2.73. The van der Waals surface area contributed by atoms with Crippen molar-refractivity contribution in [3.8, 4) is 0 Å². The van der Waals surface area contributed by atoms with E-state index in [4.69, 9.17) is 9.31 Å². The number of fused-ring (bicyclic) bond motifs is 1. The molecule has 0 spiro atoms. The summed E-state index contributed by atoms with van der Waals surface area (Å²) in [5.41, 5.74) is 0.468. The predicted octanol–water partition coefficient (Wildman–Crippen LogP) is 2.73. The average Bonchev–Trinajstić information content (AvgIpc) is 2.66. The number of hydrogen-bond acceptors (Lipinski definition) is 4. The minimum absolute atomic E-state index is 0.240. The smallest absolute Gasteiger partial charge is 0.399 e. The van der Waals surface area contributed by atoms with Gasteiger partial charge in [0.15, 0.2) is 0 Å². The summed E-state index contributed by atoms with van der Waals surface area (Å²) in [5.74, 6) is -0.449. The van der Waals surface area contributed by atoms with Crippen LogP contribution in [0.5, 0.6) is 0 Å². The highest BCUT2D eigenvalue weighted by atomic mass is 19.1. The van der Waals surface area contributed by atoms with Gasteiger partial charge < -0.3 is 14.4 Å². The summed E-state index contributed by atoms with van der Waals surface area (Å²) in [6, 6.07) is 4.87. The van der Waals surface area contributed by atoms with Crippen molar-refractivity contribution in [1.82, 2.24) is 4.98 Å². The van der Waals surface area contributed by atoms with Gasteiger partial charge in [-0.15, -0.1) is 0 Å². The van der Waals surface area contributed by atoms with E-state index in [1.54, 1.807) is 19.1 Å². The fourth-order valence-electron chi connectivity index (χ4n) is 2.73. The normalized spacial score (nSPS) is 20.9. The average molecular weight is 317 g/mol. The molecule has 0 radical (unpaired) electrons. The predicted molar refractivity (Wildman–Crippen MR) is 88.1 cm³/mol. The Morgan fingerprint density at radius 3 is 2.35 bits per heavy atom. The molecule has 1 N–H and O–H groups in total. The largest absolute Gasteiger partial charge is 0.494 e. The van der Waals surface area contributed by atoms with Crippen LogP contribution in [0.1, 0.15) is 46.3 Å². The molecule has 0 aliphatic carbocycles. The van der Waals surface area contributed by atoms with Gasteiger partial charge in [0.05, 0.1) is 17.3 Å². The molecular weight excluding hydrogens is 296 g/mol. The van der Waals surface area contributed by atoms with Crippen LogP contribution in [0.25, 0.3) is 10.9 Å². The monoisotopic (exact) mass is 317 g/mol. The second-order valence-corrected chi connectivity index (χ2v) is 7.06. The molecule has 2 aromatic rings. The van der Waals surface area contributed by atoms with Gasteiger partial charge in [0.25, 0.3) is 0 Å². The molecule has 0 amide bonds. The third kappa shape index (κ3) is 2.65. The van der Waals surface area contributed by atoms with E-state index < -0.39 is 30.2 Å². The molecule has 4 nitrogen and oxygen atoms in total. The highest BCUT2D eigenvalue weighted by Gasteiger charge is 2.51. The number of hydrogen-bond donors (Lipinski definition) is 1. The molecular formula is C17H21BFNO3. The van der Waals surface area contributed by atoms with Crippen LogP contribution >= 0.6 is 0 Å². The second-order valence-electron chi connectivity index (χ2n) is 7.06. The van der Waals surface area contributed by atoms with Gasteiger partial charge in [-0.05, 0) is 57.8 Å². The van der Waals surface area contributed by atoms with E-state index in [9.17, 15) is 9.50 Å². The summed E-state index contributed by atoms with van der Waals surface area (Å²) in [6.07, 6.45) is 0.788. The molecule has 1 fully saturated rings. The highest BCUT2D eigenvalue weighted by Crippen LogP contribution is 2.37. The lowest BCUT2D eigenvalue weighted by atomic mass is 9.78. The lowest BCUT2D eigenvalue weighted by Crippen LogP contribution is -2.41. The Kier molecular flexibility index (Phi) is 3.74. The molecule has 1 aliphatic rings. The molecule has 1 atom stereocenters. The van der Waals surface area contributed by atoms with E-state index in [1.807, 2.05) is 27.7 Å². The van der Waals surface area contributed by atoms with Crippen molar-refractivity contribution in [2.75, 3.05) is 0 Å². The SMILES string of the molecule is CC(O)c1ccnc2c(F)cc(B3OC(C)(C)C(C)(C)O3)cc12. The van der Waals surface area contributed by atoms with Crippen LogP contribution in [0.15, 0.2) is 24.4 Å². The summed E-state index contributed by atoms with van der Waals surface area (Å²) in [5, 5.41) is 10.5. The molecule has 1 unspecified atom stereocenters. The number of benzene rings is 1. The maximum Gasteiger partial charge on any atom is 0.494 e. The molecule has 1 aromatic carbocycles. The Balaban J connectivity index is 2.12. The number of pyridine rings is 1. The van der Waals surface area contributed by atoms with Gasteiger partial charge in [0.2, 0.25) is 0 Å². The van der Waals surface area contributed by atoms with E-state index in [0.717, 1.165) is 0 Å². The van der Waals surface area contributed by atoms with Crippen LogP contribution in [0.2, 0.25) is 0 Å². The first-order valence-electron chi connectivity index (χ1n) is 7.74. The Hall–Kier alpha value is -1.50. The third-order valence-electron chi connectivity index (χ3n) is 4.83. The maximum absolute atomic E-state index is 14.5. The lowest BCUT2D eigenvalue weighted by molar-refractivity contribution is 0.00578. The van der Waals surface area contributed by atoms with Crippen LogP contribution in [-0.2, 0) is 9.31 Å². The van der Waals surface area contributed by atoms with Gasteiger partial charge in [0, 0.05) is 11.6 Å². The Labute approximate surface area is 135 Å². The number of aliphatic hydroxyl groups is 1. The van der Waals surface area contributed by atoms with E-state index in [-0.39, 0.29) is 5.52 Å². The van der Waals surface area contributed by atoms with Crippen LogP contribution in [-0.4, -0.2) is 28.4 Å². The van der Waals surface area contributed by atoms with Crippen molar-refractivity contribution in [1.29, 1.82) is 0 Å². The lowest BCUT2D eigenvalue weighted by Gasteiger charge is -2.32. The minimum atomic E-state index is -0.714. The van der Waals surface area contributed by atoms with Crippen LogP contribution in [0.3, 0.4) is 0 Å². The van der Waals surface area contributed by atoms with E-state index in [1.165, 1.54) is 12.3 Å². The number of aliphatic hydroxyl groups excluding tert-OH is 1. The number of nitrogens with zero attached hydrogens (tertiary/aromatic N) is 1. The fraction of sp³-hybridized carbons (Fsp3) is 0.471. The number of rotatable bonds is 2. The molecule has 1 saturated heterocycles. The standard InChI is InChI=1S/C17H21BFNO3/c1-10(21)12-6-7-20-15-13(12)8-11(9-14(15)19)18-22-16(2,3)17(4,5)23-18/h6-10,21H,1-5H3. The first kappa shape index (κ1) is 16.4. The van der Waals surface area contributed by atoms with Gasteiger partial charge in [-0.2, -0.15) is 0 Å². The molecule has 1 aromatic heterocycles. The van der Waals surface area contributed by atoms with Gasteiger partial charge in [0.1, 0.15) is 11.3 Å². The molecule has 6 heteroatoms. The topological polar surface area (TPSA) is 51.6 Å². The second kappa shape index (κ2) is 5.26. The summed E-state index contributed by atoms with van der Waals surface area (Å²) >= 11 is 0. The van der Waals surface area contributed by atoms with Crippen LogP contribution < -0.4 is 5.46 Å². The zero-order valence-corrected chi connectivity index (χ0v) is 14.1. The van der Waals surface area contributed by atoms with Crippen molar-refractivity contribution in [3.63, 3.8) is 0 Å². The zero-order chi connectivity index (χ0) is 17.0. The van der Waals surface area contributed by atoms with Crippen LogP contribution in [0.4, 0.5) is 4.39 Å². The molecule has 122 valence electrons. The molecule has 2 heterocycles. The minimum Gasteiger partial charge on any atom is -0.399 e. The molecule has 0 bridgehead atoms. The Morgan fingerprint density at radius 2 is 1.78 bits per heavy atom.